The lowest BCUT2D eigenvalue weighted by Gasteiger charge is -2.09. The van der Waals surface area contributed by atoms with E-state index >= 15 is 0 Å². The van der Waals surface area contributed by atoms with Gasteiger partial charge in [0, 0.05) is 23.8 Å². The van der Waals surface area contributed by atoms with Gasteiger partial charge >= 0.3 is 0 Å². The minimum atomic E-state index is -0.537. The van der Waals surface area contributed by atoms with Crippen molar-refractivity contribution < 1.29 is 14.6 Å². The van der Waals surface area contributed by atoms with Gasteiger partial charge in [-0.1, -0.05) is 6.07 Å². The first-order valence-corrected chi connectivity index (χ1v) is 6.30. The van der Waals surface area contributed by atoms with Crippen LogP contribution < -0.4 is 4.74 Å². The Morgan fingerprint density at radius 2 is 1.67 bits per heavy atom. The molecule has 0 aliphatic rings. The molecule has 108 valence electrons. The molecule has 2 rings (SSSR count). The Kier molecular flexibility index (Phi) is 4.34. The number of hydrogen-bond acceptors (Lipinski definition) is 5. The molecule has 0 saturated carbocycles. The van der Waals surface area contributed by atoms with Gasteiger partial charge in [0.15, 0.2) is 0 Å². The maximum Gasteiger partial charge on any atom is 0.273 e. The summed E-state index contributed by atoms with van der Waals surface area (Å²) in [6.45, 7) is 0. The van der Waals surface area contributed by atoms with Crippen molar-refractivity contribution in [2.75, 3.05) is 0 Å². The molecule has 2 aromatic carbocycles. The van der Waals surface area contributed by atoms with E-state index in [-0.39, 0.29) is 23.0 Å². The van der Waals surface area contributed by atoms with Crippen LogP contribution in [0.2, 0.25) is 0 Å². The van der Waals surface area contributed by atoms with Gasteiger partial charge < -0.3 is 4.74 Å². The number of alkyl halides is 1. The third kappa shape index (κ3) is 3.46. The van der Waals surface area contributed by atoms with Gasteiger partial charge in [0.25, 0.3) is 11.4 Å². The molecule has 0 unspecified atom stereocenters. The largest absolute Gasteiger partial charge is 0.457 e. The molecule has 0 radical (unpaired) electrons. The number of nitro benzene ring substituents is 2. The fraction of sp³-hybridized carbons (Fsp3) is 0.0769. The molecule has 8 heteroatoms. The molecule has 0 heterocycles. The van der Waals surface area contributed by atoms with Crippen LogP contribution in [-0.4, -0.2) is 9.85 Å². The minimum Gasteiger partial charge on any atom is -0.457 e. The Labute approximate surface area is 124 Å². The van der Waals surface area contributed by atoms with E-state index in [0.717, 1.165) is 0 Å². The number of non-ortho nitro benzene ring substituents is 2. The van der Waals surface area contributed by atoms with E-state index in [4.69, 9.17) is 16.3 Å². The summed E-state index contributed by atoms with van der Waals surface area (Å²) >= 11 is 5.75. The van der Waals surface area contributed by atoms with Crippen LogP contribution in [0, 0.1) is 20.2 Å². The Bertz CT molecular complexity index is 705. The number of benzene rings is 2. The SMILES string of the molecule is O=[N+]([O-])c1cccc(Oc2ccc([N+](=O)[O-])cc2CCl)c1. The van der Waals surface area contributed by atoms with Gasteiger partial charge in [-0.3, -0.25) is 20.2 Å². The predicted molar refractivity (Wildman–Crippen MR) is 75.8 cm³/mol. The molecular weight excluding hydrogens is 300 g/mol. The van der Waals surface area contributed by atoms with Crippen LogP contribution in [0.15, 0.2) is 42.5 Å². The van der Waals surface area contributed by atoms with Crippen molar-refractivity contribution in [1.29, 1.82) is 0 Å². The zero-order valence-electron chi connectivity index (χ0n) is 10.6. The number of rotatable bonds is 5. The van der Waals surface area contributed by atoms with Gasteiger partial charge in [-0.05, 0) is 12.1 Å². The summed E-state index contributed by atoms with van der Waals surface area (Å²) in [4.78, 5) is 20.3. The van der Waals surface area contributed by atoms with Gasteiger partial charge in [-0.15, -0.1) is 11.6 Å². The second kappa shape index (κ2) is 6.19. The maximum atomic E-state index is 10.7. The lowest BCUT2D eigenvalue weighted by atomic mass is 10.2. The highest BCUT2D eigenvalue weighted by atomic mass is 35.5. The summed E-state index contributed by atoms with van der Waals surface area (Å²) in [5.41, 5.74) is 0.219. The Morgan fingerprint density at radius 3 is 2.29 bits per heavy atom. The lowest BCUT2D eigenvalue weighted by Crippen LogP contribution is -1.94. The van der Waals surface area contributed by atoms with E-state index in [2.05, 4.69) is 0 Å². The molecule has 0 aromatic heterocycles. The second-order valence-corrected chi connectivity index (χ2v) is 4.31. The zero-order chi connectivity index (χ0) is 15.4. The van der Waals surface area contributed by atoms with E-state index in [1.165, 1.54) is 36.4 Å². The van der Waals surface area contributed by atoms with Crippen LogP contribution in [0.5, 0.6) is 11.5 Å². The number of nitro groups is 2. The average molecular weight is 309 g/mol. The standard InChI is InChI=1S/C13H9ClN2O5/c14-8-9-6-11(16(19)20)4-5-13(9)21-12-3-1-2-10(7-12)15(17)18/h1-7H,8H2. The first-order valence-electron chi connectivity index (χ1n) is 5.77. The summed E-state index contributed by atoms with van der Waals surface area (Å²) in [7, 11) is 0. The Hall–Kier alpha value is -2.67. The second-order valence-electron chi connectivity index (χ2n) is 4.04. The van der Waals surface area contributed by atoms with Crippen molar-refractivity contribution >= 4 is 23.0 Å². The van der Waals surface area contributed by atoms with Crippen molar-refractivity contribution in [3.63, 3.8) is 0 Å². The van der Waals surface area contributed by atoms with E-state index in [0.29, 0.717) is 11.3 Å². The molecule has 0 N–H and O–H groups in total. The average Bonchev–Trinajstić information content (AvgIpc) is 2.47. The summed E-state index contributed by atoms with van der Waals surface area (Å²) in [5.74, 6) is 0.590. The number of nitrogens with zero attached hydrogens (tertiary/aromatic N) is 2. The van der Waals surface area contributed by atoms with Gasteiger partial charge in [0.2, 0.25) is 0 Å². The molecular formula is C13H9ClN2O5. The lowest BCUT2D eigenvalue weighted by molar-refractivity contribution is -0.385. The predicted octanol–water partition coefficient (Wildman–Crippen LogP) is 4.03. The number of halogens is 1. The van der Waals surface area contributed by atoms with E-state index in [1.54, 1.807) is 6.07 Å². The van der Waals surface area contributed by atoms with Crippen molar-refractivity contribution in [3.05, 3.63) is 68.3 Å². The molecule has 0 bridgehead atoms. The normalized spacial score (nSPS) is 10.1. The highest BCUT2D eigenvalue weighted by molar-refractivity contribution is 6.17. The molecule has 7 nitrogen and oxygen atoms in total. The first-order chi connectivity index (χ1) is 10.0. The highest BCUT2D eigenvalue weighted by Crippen LogP contribution is 2.31. The monoisotopic (exact) mass is 308 g/mol. The topological polar surface area (TPSA) is 95.5 Å². The summed E-state index contributed by atoms with van der Waals surface area (Å²) in [6.07, 6.45) is 0. The molecule has 0 fully saturated rings. The smallest absolute Gasteiger partial charge is 0.273 e. The van der Waals surface area contributed by atoms with Crippen LogP contribution in [0.4, 0.5) is 11.4 Å². The quantitative estimate of drug-likeness (QED) is 0.472. The van der Waals surface area contributed by atoms with Crippen LogP contribution in [0.1, 0.15) is 5.56 Å². The van der Waals surface area contributed by atoms with Crippen LogP contribution in [0.3, 0.4) is 0 Å². The summed E-state index contributed by atoms with van der Waals surface area (Å²) < 4.78 is 5.51. The third-order valence-electron chi connectivity index (χ3n) is 2.66. The van der Waals surface area contributed by atoms with E-state index < -0.39 is 9.85 Å². The van der Waals surface area contributed by atoms with Gasteiger partial charge in [0.1, 0.15) is 11.5 Å². The molecule has 0 atom stereocenters. The minimum absolute atomic E-state index is 0.0198. The van der Waals surface area contributed by atoms with Crippen molar-refractivity contribution in [1.82, 2.24) is 0 Å². The Balaban J connectivity index is 2.33. The van der Waals surface area contributed by atoms with E-state index in [1.807, 2.05) is 0 Å². The van der Waals surface area contributed by atoms with Crippen LogP contribution >= 0.6 is 11.6 Å². The van der Waals surface area contributed by atoms with Crippen molar-refractivity contribution in [3.8, 4) is 11.5 Å². The van der Waals surface area contributed by atoms with Crippen LogP contribution in [0.25, 0.3) is 0 Å². The molecule has 21 heavy (non-hydrogen) atoms. The first kappa shape index (κ1) is 14.7. The molecule has 2 aromatic rings. The maximum absolute atomic E-state index is 10.7. The molecule has 0 spiro atoms. The molecule has 0 aliphatic carbocycles. The van der Waals surface area contributed by atoms with Crippen molar-refractivity contribution in [2.45, 2.75) is 5.88 Å². The third-order valence-corrected chi connectivity index (χ3v) is 2.94. The Morgan fingerprint density at radius 1 is 1.00 bits per heavy atom. The van der Waals surface area contributed by atoms with E-state index in [9.17, 15) is 20.2 Å². The fourth-order valence-electron chi connectivity index (χ4n) is 1.67. The van der Waals surface area contributed by atoms with Gasteiger partial charge in [-0.25, -0.2) is 0 Å². The zero-order valence-corrected chi connectivity index (χ0v) is 11.3. The summed E-state index contributed by atoms with van der Waals surface area (Å²) in [6, 6.07) is 9.63. The van der Waals surface area contributed by atoms with Gasteiger partial charge in [-0.2, -0.15) is 0 Å². The summed E-state index contributed by atoms with van der Waals surface area (Å²) in [5, 5.41) is 21.4. The molecule has 0 aliphatic heterocycles. The van der Waals surface area contributed by atoms with Crippen molar-refractivity contribution in [2.24, 2.45) is 0 Å². The molecule has 0 saturated heterocycles. The highest BCUT2D eigenvalue weighted by Gasteiger charge is 2.13. The number of ether oxygens (including phenoxy) is 1. The fourth-order valence-corrected chi connectivity index (χ4v) is 1.88. The molecule has 0 amide bonds. The number of hydrogen-bond donors (Lipinski definition) is 0. The van der Waals surface area contributed by atoms with Gasteiger partial charge in [0.05, 0.1) is 21.8 Å². The van der Waals surface area contributed by atoms with Crippen LogP contribution in [-0.2, 0) is 5.88 Å².